The third kappa shape index (κ3) is 3.76. The number of halogens is 1. The predicted molar refractivity (Wildman–Crippen MR) is 105 cm³/mol. The molecule has 0 spiro atoms. The zero-order valence-electron chi connectivity index (χ0n) is 16.1. The summed E-state index contributed by atoms with van der Waals surface area (Å²) in [6.45, 7) is 11.5. The van der Waals surface area contributed by atoms with E-state index in [1.165, 1.54) is 0 Å². The number of hydrogen-bond acceptors (Lipinski definition) is 3. The Bertz CT molecular complexity index is 797. The van der Waals surface area contributed by atoms with Gasteiger partial charge < -0.3 is 14.1 Å². The van der Waals surface area contributed by atoms with Gasteiger partial charge >= 0.3 is 0 Å². The Hall–Kier alpha value is -1.14. The van der Waals surface area contributed by atoms with E-state index in [-0.39, 0.29) is 5.04 Å². The number of imidazole rings is 1. The number of aryl methyl sites for hydroxylation is 1. The highest BCUT2D eigenvalue weighted by molar-refractivity contribution is 6.32. The van der Waals surface area contributed by atoms with Gasteiger partial charge in [-0.25, -0.2) is 4.98 Å². The van der Waals surface area contributed by atoms with Gasteiger partial charge in [-0.15, -0.1) is 0 Å². The number of nitrogens with zero attached hydrogens (tertiary/aromatic N) is 2. The van der Waals surface area contributed by atoms with E-state index in [0.29, 0.717) is 21.2 Å². The van der Waals surface area contributed by atoms with Crippen molar-refractivity contribution in [1.82, 2.24) is 9.55 Å². The molecule has 1 N–H and O–H groups in total. The molecule has 140 valence electrons. The van der Waals surface area contributed by atoms with Gasteiger partial charge in [0.2, 0.25) is 9.76 Å². The Morgan fingerprint density at radius 1 is 1.27 bits per heavy atom. The van der Waals surface area contributed by atoms with Crippen molar-refractivity contribution >= 4 is 21.4 Å². The normalized spacial score (nSPS) is 20.9. The third-order valence-electron chi connectivity index (χ3n) is 4.76. The summed E-state index contributed by atoms with van der Waals surface area (Å²) >= 11 is 6.33. The lowest BCUT2D eigenvalue weighted by atomic mass is 9.78. The van der Waals surface area contributed by atoms with Crippen LogP contribution in [0.25, 0.3) is 0 Å². The fourth-order valence-electron chi connectivity index (χ4n) is 3.47. The molecule has 2 radical (unpaired) electrons. The van der Waals surface area contributed by atoms with Gasteiger partial charge in [0, 0.05) is 11.6 Å². The molecule has 1 aromatic carbocycles. The fraction of sp³-hybridized carbons (Fsp3) is 0.550. The Balaban J connectivity index is 2.08. The first-order valence-electron chi connectivity index (χ1n) is 9.02. The molecular formula is C20H27ClN2O2Si. The van der Waals surface area contributed by atoms with Crippen LogP contribution in [-0.4, -0.2) is 24.4 Å². The summed E-state index contributed by atoms with van der Waals surface area (Å²) in [6.07, 6.45) is 5.07. The van der Waals surface area contributed by atoms with E-state index in [1.807, 2.05) is 22.8 Å². The van der Waals surface area contributed by atoms with Crippen molar-refractivity contribution in [2.75, 3.05) is 0 Å². The molecule has 0 fully saturated rings. The first kappa shape index (κ1) is 19.6. The van der Waals surface area contributed by atoms with Crippen molar-refractivity contribution < 1.29 is 9.53 Å². The molecule has 0 aliphatic carbocycles. The van der Waals surface area contributed by atoms with E-state index in [1.54, 1.807) is 12.5 Å². The van der Waals surface area contributed by atoms with Crippen LogP contribution in [0.5, 0.6) is 0 Å². The summed E-state index contributed by atoms with van der Waals surface area (Å²) < 4.78 is 8.34. The van der Waals surface area contributed by atoms with E-state index in [2.05, 4.69) is 39.6 Å². The zero-order chi connectivity index (χ0) is 19.2. The highest BCUT2D eigenvalue weighted by atomic mass is 35.5. The van der Waals surface area contributed by atoms with Crippen LogP contribution in [0.1, 0.15) is 64.3 Å². The molecule has 2 aromatic rings. The SMILES string of the molecule is CC(C)(C)[Si]OC(C)(C)c1ccc(Cl)cc1C1(O)CCCn2cncc21. The van der Waals surface area contributed by atoms with Crippen LogP contribution in [0.4, 0.5) is 0 Å². The topological polar surface area (TPSA) is 47.3 Å². The molecule has 0 amide bonds. The molecule has 0 saturated heterocycles. The standard InChI is InChI=1S/C20H27ClN2O2Si/c1-18(2,3)26-25-19(4,5)15-8-7-14(21)11-16(15)20(24)9-6-10-23-13-22-12-17(20)23/h7-8,11-13,24H,6,9-10H2,1-5H3. The quantitative estimate of drug-likeness (QED) is 0.772. The lowest BCUT2D eigenvalue weighted by molar-refractivity contribution is 0.0381. The van der Waals surface area contributed by atoms with E-state index in [9.17, 15) is 5.11 Å². The molecule has 1 aromatic heterocycles. The molecule has 6 heteroatoms. The molecule has 26 heavy (non-hydrogen) atoms. The minimum absolute atomic E-state index is 0.0875. The molecular weight excluding hydrogens is 364 g/mol. The van der Waals surface area contributed by atoms with Crippen LogP contribution in [-0.2, 0) is 22.2 Å². The maximum absolute atomic E-state index is 11.7. The van der Waals surface area contributed by atoms with Gasteiger partial charge in [0.05, 0.1) is 23.8 Å². The first-order valence-corrected chi connectivity index (χ1v) is 10.3. The number of benzene rings is 1. The minimum atomic E-state index is -1.11. The Labute approximate surface area is 163 Å². The van der Waals surface area contributed by atoms with Gasteiger partial charge in [-0.05, 0) is 55.0 Å². The summed E-state index contributed by atoms with van der Waals surface area (Å²) in [4.78, 5) is 4.25. The molecule has 1 unspecified atom stereocenters. The minimum Gasteiger partial charge on any atom is -0.408 e. The molecule has 0 bridgehead atoms. The maximum atomic E-state index is 11.7. The number of rotatable bonds is 4. The average Bonchev–Trinajstić information content (AvgIpc) is 3.02. The summed E-state index contributed by atoms with van der Waals surface area (Å²) in [5.74, 6) is 0. The Kier molecular flexibility index (Phi) is 5.12. The number of aromatic nitrogens is 2. The molecule has 4 nitrogen and oxygen atoms in total. The van der Waals surface area contributed by atoms with Gasteiger partial charge in [-0.3, -0.25) is 0 Å². The summed E-state index contributed by atoms with van der Waals surface area (Å²) in [5.41, 5.74) is 0.955. The second-order valence-corrected chi connectivity index (χ2v) is 10.9. The maximum Gasteiger partial charge on any atom is 0.236 e. The van der Waals surface area contributed by atoms with Crippen LogP contribution in [0.15, 0.2) is 30.7 Å². The predicted octanol–water partition coefficient (Wildman–Crippen LogP) is 4.66. The fourth-order valence-corrected chi connectivity index (χ4v) is 4.31. The zero-order valence-corrected chi connectivity index (χ0v) is 17.9. The average molecular weight is 391 g/mol. The summed E-state index contributed by atoms with van der Waals surface area (Å²) in [6, 6.07) is 5.73. The molecule has 0 saturated carbocycles. The molecule has 1 atom stereocenters. The van der Waals surface area contributed by atoms with Crippen molar-refractivity contribution in [2.45, 2.75) is 70.2 Å². The van der Waals surface area contributed by atoms with Crippen LogP contribution in [0.2, 0.25) is 10.1 Å². The van der Waals surface area contributed by atoms with Crippen molar-refractivity contribution in [1.29, 1.82) is 0 Å². The lowest BCUT2D eigenvalue weighted by Crippen LogP contribution is -2.38. The Morgan fingerprint density at radius 2 is 2.00 bits per heavy atom. The summed E-state index contributed by atoms with van der Waals surface area (Å²) in [5, 5.41) is 12.4. The van der Waals surface area contributed by atoms with E-state index in [4.69, 9.17) is 16.0 Å². The Morgan fingerprint density at radius 3 is 2.69 bits per heavy atom. The summed E-state index contributed by atoms with van der Waals surface area (Å²) in [7, 11) is 0.348. The second kappa shape index (κ2) is 6.79. The van der Waals surface area contributed by atoms with Gasteiger partial charge in [-0.1, -0.05) is 38.4 Å². The first-order chi connectivity index (χ1) is 12.0. The van der Waals surface area contributed by atoms with Gasteiger partial charge in [0.15, 0.2) is 0 Å². The number of hydrogen-bond donors (Lipinski definition) is 1. The third-order valence-corrected chi connectivity index (χ3v) is 6.22. The molecule has 1 aliphatic heterocycles. The van der Waals surface area contributed by atoms with Gasteiger partial charge in [-0.2, -0.15) is 0 Å². The highest BCUT2D eigenvalue weighted by Gasteiger charge is 2.41. The van der Waals surface area contributed by atoms with Gasteiger partial charge in [0.1, 0.15) is 5.60 Å². The smallest absolute Gasteiger partial charge is 0.236 e. The largest absolute Gasteiger partial charge is 0.408 e. The monoisotopic (exact) mass is 390 g/mol. The van der Waals surface area contributed by atoms with E-state index in [0.717, 1.165) is 29.8 Å². The van der Waals surface area contributed by atoms with E-state index < -0.39 is 11.2 Å². The molecule has 3 rings (SSSR count). The van der Waals surface area contributed by atoms with E-state index >= 15 is 0 Å². The van der Waals surface area contributed by atoms with Crippen molar-refractivity contribution in [3.05, 3.63) is 52.6 Å². The van der Waals surface area contributed by atoms with Crippen molar-refractivity contribution in [3.8, 4) is 0 Å². The highest BCUT2D eigenvalue weighted by Crippen LogP contribution is 2.43. The van der Waals surface area contributed by atoms with Gasteiger partial charge in [0.25, 0.3) is 0 Å². The van der Waals surface area contributed by atoms with Crippen LogP contribution in [0.3, 0.4) is 0 Å². The molecule has 1 aliphatic rings. The molecule has 2 heterocycles. The van der Waals surface area contributed by atoms with Crippen LogP contribution >= 0.6 is 11.6 Å². The van der Waals surface area contributed by atoms with Crippen LogP contribution < -0.4 is 0 Å². The van der Waals surface area contributed by atoms with Crippen molar-refractivity contribution in [3.63, 3.8) is 0 Å². The number of fused-ring (bicyclic) bond motifs is 1. The van der Waals surface area contributed by atoms with Crippen molar-refractivity contribution in [2.24, 2.45) is 0 Å². The number of aliphatic hydroxyl groups is 1. The lowest BCUT2D eigenvalue weighted by Gasteiger charge is -2.39. The van der Waals surface area contributed by atoms with Crippen LogP contribution in [0, 0.1) is 0 Å². The second-order valence-electron chi connectivity index (χ2n) is 8.59.